The Bertz CT molecular complexity index is 749. The number of unbranched alkanes of at least 4 members (excludes halogenated alkanes) is 8. The molecular formula is C32H55NO3. The van der Waals surface area contributed by atoms with Crippen molar-refractivity contribution in [1.82, 2.24) is 5.06 Å². The molecule has 4 nitrogen and oxygen atoms in total. The molecule has 1 aromatic carbocycles. The van der Waals surface area contributed by atoms with Crippen molar-refractivity contribution in [2.24, 2.45) is 5.41 Å². The molecule has 0 bridgehead atoms. The Morgan fingerprint density at radius 1 is 0.944 bits per heavy atom. The van der Waals surface area contributed by atoms with Crippen molar-refractivity contribution >= 4 is 5.97 Å². The predicted molar refractivity (Wildman–Crippen MR) is 151 cm³/mol. The minimum atomic E-state index is -0.252. The standard InChI is InChI=1S/C32H55NO3/c1-8-11-12-13-14-15-16-17-21-24-30(34)35-29-25-28(9-2)33(32(7,10-3)31(29,5)6)36-26(4)27-22-19-18-20-23-27/h18-20,22-23,26,28-29H,8-17,21,24-25H2,1-7H3. The molecular weight excluding hydrogens is 446 g/mol. The van der Waals surface area contributed by atoms with Crippen molar-refractivity contribution in [3.63, 3.8) is 0 Å². The van der Waals surface area contributed by atoms with Crippen LogP contribution in [0.5, 0.6) is 0 Å². The van der Waals surface area contributed by atoms with Gasteiger partial charge in [0.1, 0.15) is 12.2 Å². The van der Waals surface area contributed by atoms with Crippen LogP contribution in [0.1, 0.15) is 144 Å². The second kappa shape index (κ2) is 15.1. The highest BCUT2D eigenvalue weighted by Crippen LogP contribution is 2.50. The largest absolute Gasteiger partial charge is 0.462 e. The number of ether oxygens (including phenoxy) is 1. The van der Waals surface area contributed by atoms with Crippen LogP contribution < -0.4 is 0 Å². The Morgan fingerprint density at radius 3 is 2.08 bits per heavy atom. The van der Waals surface area contributed by atoms with Gasteiger partial charge in [0.2, 0.25) is 0 Å². The second-order valence-corrected chi connectivity index (χ2v) is 11.7. The van der Waals surface area contributed by atoms with Crippen molar-refractivity contribution in [1.29, 1.82) is 0 Å². The number of hydrogen-bond donors (Lipinski definition) is 0. The molecule has 1 aliphatic rings. The normalized spacial score (nSPS) is 25.0. The molecule has 4 heteroatoms. The highest BCUT2D eigenvalue weighted by Gasteiger charge is 2.57. The van der Waals surface area contributed by atoms with Crippen LogP contribution in [0.3, 0.4) is 0 Å². The van der Waals surface area contributed by atoms with Crippen LogP contribution in [-0.2, 0) is 14.4 Å². The average Bonchev–Trinajstić information content (AvgIpc) is 2.88. The summed E-state index contributed by atoms with van der Waals surface area (Å²) in [7, 11) is 0. The van der Waals surface area contributed by atoms with Crippen molar-refractivity contribution < 1.29 is 14.4 Å². The van der Waals surface area contributed by atoms with Gasteiger partial charge in [0.15, 0.2) is 0 Å². The van der Waals surface area contributed by atoms with Gasteiger partial charge in [-0.25, -0.2) is 0 Å². The van der Waals surface area contributed by atoms with Gasteiger partial charge in [0, 0.05) is 24.3 Å². The van der Waals surface area contributed by atoms with Gasteiger partial charge in [-0.15, -0.1) is 0 Å². The molecule has 1 heterocycles. The van der Waals surface area contributed by atoms with Crippen LogP contribution in [0.2, 0.25) is 0 Å². The number of carbonyl (C=O) groups excluding carboxylic acids is 1. The van der Waals surface area contributed by atoms with E-state index in [1.807, 2.05) is 6.07 Å². The summed E-state index contributed by atoms with van der Waals surface area (Å²) < 4.78 is 6.22. The van der Waals surface area contributed by atoms with Gasteiger partial charge < -0.3 is 4.74 Å². The molecule has 0 aromatic heterocycles. The number of hydrogen-bond acceptors (Lipinski definition) is 4. The average molecular weight is 502 g/mol. The van der Waals surface area contributed by atoms with Gasteiger partial charge in [0.05, 0.1) is 5.54 Å². The molecule has 1 aliphatic heterocycles. The van der Waals surface area contributed by atoms with Crippen molar-refractivity contribution in [3.8, 4) is 0 Å². The van der Waals surface area contributed by atoms with E-state index in [0.29, 0.717) is 6.42 Å². The van der Waals surface area contributed by atoms with E-state index in [-0.39, 0.29) is 35.2 Å². The summed E-state index contributed by atoms with van der Waals surface area (Å²) >= 11 is 0. The van der Waals surface area contributed by atoms with Crippen molar-refractivity contribution in [2.45, 2.75) is 156 Å². The van der Waals surface area contributed by atoms with Gasteiger partial charge >= 0.3 is 5.97 Å². The number of nitrogens with zero attached hydrogens (tertiary/aromatic N) is 1. The SMILES string of the molecule is CCCCCCCCCCCC(=O)OC1CC(CC)N(OC(C)c2ccccc2)C(C)(CC)C1(C)C. The molecule has 0 saturated carbocycles. The van der Waals surface area contributed by atoms with Gasteiger partial charge in [-0.2, -0.15) is 5.06 Å². The molecule has 0 amide bonds. The zero-order chi connectivity index (χ0) is 26.6. The molecule has 36 heavy (non-hydrogen) atoms. The van der Waals surface area contributed by atoms with Gasteiger partial charge in [0.25, 0.3) is 0 Å². The first kappa shape index (κ1) is 30.8. The summed E-state index contributed by atoms with van der Waals surface area (Å²) in [5.41, 5.74) is 0.688. The third-order valence-corrected chi connectivity index (χ3v) is 8.96. The summed E-state index contributed by atoms with van der Waals surface area (Å²) in [5.74, 6) is -0.0312. The van der Waals surface area contributed by atoms with Crippen LogP contribution in [-0.4, -0.2) is 28.7 Å². The van der Waals surface area contributed by atoms with E-state index in [9.17, 15) is 4.79 Å². The fourth-order valence-electron chi connectivity index (χ4n) is 5.77. The van der Waals surface area contributed by atoms with Crippen molar-refractivity contribution in [3.05, 3.63) is 35.9 Å². The van der Waals surface area contributed by atoms with Gasteiger partial charge in [-0.3, -0.25) is 9.63 Å². The number of carbonyl (C=O) groups is 1. The Labute approximate surface area is 222 Å². The van der Waals surface area contributed by atoms with Crippen LogP contribution >= 0.6 is 0 Å². The lowest BCUT2D eigenvalue weighted by atomic mass is 9.63. The summed E-state index contributed by atoms with van der Waals surface area (Å²) in [6.07, 6.45) is 14.4. The lowest BCUT2D eigenvalue weighted by Gasteiger charge is -2.60. The summed E-state index contributed by atoms with van der Waals surface area (Å²) in [6, 6.07) is 10.6. The molecule has 0 aliphatic carbocycles. The van der Waals surface area contributed by atoms with E-state index >= 15 is 0 Å². The first-order valence-electron chi connectivity index (χ1n) is 14.9. The first-order valence-corrected chi connectivity index (χ1v) is 14.9. The number of esters is 1. The van der Waals surface area contributed by atoms with E-state index < -0.39 is 0 Å². The third-order valence-electron chi connectivity index (χ3n) is 8.96. The number of benzene rings is 1. The van der Waals surface area contributed by atoms with Gasteiger partial charge in [-0.1, -0.05) is 116 Å². The second-order valence-electron chi connectivity index (χ2n) is 11.7. The van der Waals surface area contributed by atoms with E-state index in [1.165, 1.54) is 50.5 Å². The maximum Gasteiger partial charge on any atom is 0.306 e. The summed E-state index contributed by atoms with van der Waals surface area (Å²) in [5, 5.41) is 2.26. The van der Waals surface area contributed by atoms with Crippen LogP contribution in [0.15, 0.2) is 30.3 Å². The minimum Gasteiger partial charge on any atom is -0.462 e. The highest BCUT2D eigenvalue weighted by molar-refractivity contribution is 5.69. The molecule has 1 saturated heterocycles. The highest BCUT2D eigenvalue weighted by atomic mass is 16.7. The molecule has 4 unspecified atom stereocenters. The van der Waals surface area contributed by atoms with E-state index in [4.69, 9.17) is 9.57 Å². The number of piperidine rings is 1. The van der Waals surface area contributed by atoms with Crippen molar-refractivity contribution in [2.75, 3.05) is 0 Å². The minimum absolute atomic E-state index is 0.0312. The zero-order valence-electron chi connectivity index (χ0n) is 24.5. The third kappa shape index (κ3) is 8.05. The predicted octanol–water partition coefficient (Wildman–Crippen LogP) is 9.19. The Hall–Kier alpha value is -1.39. The monoisotopic (exact) mass is 501 g/mol. The fraction of sp³-hybridized carbons (Fsp3) is 0.781. The Balaban J connectivity index is 1.94. The number of hydroxylamine groups is 2. The quantitative estimate of drug-likeness (QED) is 0.167. The molecule has 1 fully saturated rings. The summed E-state index contributed by atoms with van der Waals surface area (Å²) in [4.78, 5) is 19.6. The maximum absolute atomic E-state index is 12.9. The van der Waals surface area contributed by atoms with Crippen LogP contribution in [0.4, 0.5) is 0 Å². The Kier molecular flexibility index (Phi) is 13.0. The van der Waals surface area contributed by atoms with E-state index in [1.54, 1.807) is 0 Å². The molecule has 0 spiro atoms. The van der Waals surface area contributed by atoms with Crippen LogP contribution in [0, 0.1) is 5.41 Å². The first-order chi connectivity index (χ1) is 17.2. The van der Waals surface area contributed by atoms with E-state index in [2.05, 4.69) is 77.8 Å². The van der Waals surface area contributed by atoms with E-state index in [0.717, 1.165) is 32.1 Å². The lowest BCUT2D eigenvalue weighted by molar-refractivity contribution is -0.327. The van der Waals surface area contributed by atoms with Gasteiger partial charge in [-0.05, 0) is 38.7 Å². The fourth-order valence-corrected chi connectivity index (χ4v) is 5.77. The van der Waals surface area contributed by atoms with Crippen LogP contribution in [0.25, 0.3) is 0 Å². The topological polar surface area (TPSA) is 38.8 Å². The maximum atomic E-state index is 12.9. The number of rotatable bonds is 16. The zero-order valence-corrected chi connectivity index (χ0v) is 24.5. The molecule has 2 rings (SSSR count). The summed E-state index contributed by atoms with van der Waals surface area (Å²) in [6.45, 7) is 15.6. The molecule has 4 atom stereocenters. The molecule has 0 radical (unpaired) electrons. The molecule has 206 valence electrons. The lowest BCUT2D eigenvalue weighted by Crippen LogP contribution is -2.68. The smallest absolute Gasteiger partial charge is 0.306 e. The molecule has 1 aromatic rings. The Morgan fingerprint density at radius 2 is 1.53 bits per heavy atom. The molecule has 0 N–H and O–H groups in total.